The third kappa shape index (κ3) is 4.52. The highest BCUT2D eigenvalue weighted by Gasteiger charge is 2.25. The zero-order valence-electron chi connectivity index (χ0n) is 11.9. The van der Waals surface area contributed by atoms with Crippen LogP contribution in [0.25, 0.3) is 0 Å². The van der Waals surface area contributed by atoms with E-state index in [1.165, 1.54) is 38.5 Å². The van der Waals surface area contributed by atoms with Crippen molar-refractivity contribution in [1.29, 1.82) is 0 Å². The number of nitrogens with one attached hydrogen (secondary N) is 1. The van der Waals surface area contributed by atoms with Crippen molar-refractivity contribution in [2.75, 3.05) is 13.2 Å². The highest BCUT2D eigenvalue weighted by atomic mass is 16.5. The lowest BCUT2D eigenvalue weighted by Crippen LogP contribution is -2.44. The van der Waals surface area contributed by atoms with E-state index in [1.807, 2.05) is 0 Å². The van der Waals surface area contributed by atoms with Crippen molar-refractivity contribution < 1.29 is 9.84 Å². The van der Waals surface area contributed by atoms with E-state index in [-0.39, 0.29) is 6.10 Å². The van der Waals surface area contributed by atoms with Gasteiger partial charge in [-0.2, -0.15) is 0 Å². The van der Waals surface area contributed by atoms with E-state index in [0.29, 0.717) is 25.3 Å². The quantitative estimate of drug-likeness (QED) is 0.765. The molecule has 2 aliphatic rings. The Morgan fingerprint density at radius 1 is 1.17 bits per heavy atom. The van der Waals surface area contributed by atoms with Gasteiger partial charge >= 0.3 is 0 Å². The Hall–Kier alpha value is -0.120. The van der Waals surface area contributed by atoms with Crippen LogP contribution < -0.4 is 5.32 Å². The predicted molar refractivity (Wildman–Crippen MR) is 73.6 cm³/mol. The molecule has 0 saturated heterocycles. The topological polar surface area (TPSA) is 41.5 Å². The molecule has 2 rings (SSSR count). The summed E-state index contributed by atoms with van der Waals surface area (Å²) in [7, 11) is 0. The second kappa shape index (κ2) is 6.88. The minimum Gasteiger partial charge on any atom is -0.389 e. The van der Waals surface area contributed by atoms with E-state index < -0.39 is 0 Å². The first-order valence-corrected chi connectivity index (χ1v) is 7.66. The van der Waals surface area contributed by atoms with Crippen molar-refractivity contribution in [3.05, 3.63) is 0 Å². The molecule has 0 spiro atoms. The SMILES string of the molecule is CC1CC(NCC(O)COC2CCCC(C)C2)C1. The second-order valence-corrected chi connectivity index (χ2v) is 6.56. The van der Waals surface area contributed by atoms with Crippen LogP contribution in [0, 0.1) is 11.8 Å². The molecule has 0 aromatic rings. The Bertz CT molecular complexity index is 241. The van der Waals surface area contributed by atoms with Gasteiger partial charge in [-0.25, -0.2) is 0 Å². The van der Waals surface area contributed by atoms with E-state index in [0.717, 1.165) is 11.8 Å². The summed E-state index contributed by atoms with van der Waals surface area (Å²) in [6.07, 6.45) is 7.50. The number of hydrogen-bond acceptors (Lipinski definition) is 3. The predicted octanol–water partition coefficient (Wildman–Crippen LogP) is 2.33. The van der Waals surface area contributed by atoms with Crippen LogP contribution in [0.1, 0.15) is 52.4 Å². The summed E-state index contributed by atoms with van der Waals surface area (Å²) in [5, 5.41) is 13.3. The first-order valence-electron chi connectivity index (χ1n) is 7.66. The van der Waals surface area contributed by atoms with Crippen LogP contribution in [-0.2, 0) is 4.74 Å². The van der Waals surface area contributed by atoms with Crippen LogP contribution in [0.2, 0.25) is 0 Å². The molecule has 3 heteroatoms. The van der Waals surface area contributed by atoms with Gasteiger partial charge in [-0.3, -0.25) is 0 Å². The fourth-order valence-corrected chi connectivity index (χ4v) is 3.21. The van der Waals surface area contributed by atoms with Gasteiger partial charge in [-0.1, -0.05) is 26.7 Å². The number of rotatable bonds is 6. The number of aliphatic hydroxyl groups is 1. The third-order valence-electron chi connectivity index (χ3n) is 4.43. The molecule has 3 atom stereocenters. The summed E-state index contributed by atoms with van der Waals surface area (Å²) in [5.41, 5.74) is 0. The first-order chi connectivity index (χ1) is 8.63. The molecule has 3 nitrogen and oxygen atoms in total. The maximum atomic E-state index is 9.89. The van der Waals surface area contributed by atoms with Crippen molar-refractivity contribution in [3.8, 4) is 0 Å². The lowest BCUT2D eigenvalue weighted by Gasteiger charge is -2.34. The monoisotopic (exact) mass is 255 g/mol. The van der Waals surface area contributed by atoms with Gasteiger partial charge in [0.15, 0.2) is 0 Å². The van der Waals surface area contributed by atoms with Gasteiger partial charge in [-0.15, -0.1) is 0 Å². The molecule has 2 N–H and O–H groups in total. The van der Waals surface area contributed by atoms with Crippen LogP contribution in [-0.4, -0.2) is 36.5 Å². The molecule has 0 aromatic carbocycles. The van der Waals surface area contributed by atoms with Gasteiger partial charge in [-0.05, 0) is 37.5 Å². The first kappa shape index (κ1) is 14.3. The van der Waals surface area contributed by atoms with Crippen LogP contribution in [0.3, 0.4) is 0 Å². The van der Waals surface area contributed by atoms with Crippen LogP contribution >= 0.6 is 0 Å². The van der Waals surface area contributed by atoms with E-state index >= 15 is 0 Å². The van der Waals surface area contributed by atoms with E-state index in [4.69, 9.17) is 4.74 Å². The standard InChI is InChI=1S/C15H29NO2/c1-11-4-3-5-15(8-11)18-10-14(17)9-16-13-6-12(2)7-13/h11-17H,3-10H2,1-2H3. The minimum atomic E-state index is -0.349. The fraction of sp³-hybridized carbons (Fsp3) is 1.00. The second-order valence-electron chi connectivity index (χ2n) is 6.56. The molecule has 2 saturated carbocycles. The molecular formula is C15H29NO2. The Balaban J connectivity index is 1.52. The minimum absolute atomic E-state index is 0.349. The normalized spacial score (nSPS) is 38.2. The largest absolute Gasteiger partial charge is 0.389 e. The van der Waals surface area contributed by atoms with E-state index in [2.05, 4.69) is 19.2 Å². The van der Waals surface area contributed by atoms with Gasteiger partial charge < -0.3 is 15.2 Å². The van der Waals surface area contributed by atoms with Crippen molar-refractivity contribution in [1.82, 2.24) is 5.32 Å². The van der Waals surface area contributed by atoms with Crippen molar-refractivity contribution in [3.63, 3.8) is 0 Å². The average molecular weight is 255 g/mol. The van der Waals surface area contributed by atoms with E-state index in [1.54, 1.807) is 0 Å². The summed E-state index contributed by atoms with van der Waals surface area (Å²) in [6, 6.07) is 0.629. The summed E-state index contributed by atoms with van der Waals surface area (Å²) < 4.78 is 5.83. The Labute approximate surface area is 111 Å². The fourth-order valence-electron chi connectivity index (χ4n) is 3.21. The van der Waals surface area contributed by atoms with E-state index in [9.17, 15) is 5.11 Å². The molecule has 0 bridgehead atoms. The Kier molecular flexibility index (Phi) is 5.46. The summed E-state index contributed by atoms with van der Waals surface area (Å²) >= 11 is 0. The van der Waals surface area contributed by atoms with Gasteiger partial charge in [0.05, 0.1) is 18.8 Å². The van der Waals surface area contributed by atoms with Gasteiger partial charge in [0.25, 0.3) is 0 Å². The maximum absolute atomic E-state index is 9.89. The van der Waals surface area contributed by atoms with Crippen molar-refractivity contribution in [2.45, 2.75) is 70.6 Å². The number of aliphatic hydroxyl groups excluding tert-OH is 1. The van der Waals surface area contributed by atoms with Gasteiger partial charge in [0, 0.05) is 12.6 Å². The molecule has 2 aliphatic carbocycles. The van der Waals surface area contributed by atoms with Crippen LogP contribution in [0.5, 0.6) is 0 Å². The molecule has 0 heterocycles. The molecular weight excluding hydrogens is 226 g/mol. The Morgan fingerprint density at radius 3 is 2.61 bits per heavy atom. The molecule has 2 fully saturated rings. The van der Waals surface area contributed by atoms with Gasteiger partial charge in [0.2, 0.25) is 0 Å². The molecule has 0 aliphatic heterocycles. The zero-order chi connectivity index (χ0) is 13.0. The lowest BCUT2D eigenvalue weighted by molar-refractivity contribution is -0.0321. The summed E-state index contributed by atoms with van der Waals surface area (Å²) in [4.78, 5) is 0. The molecule has 3 unspecified atom stereocenters. The lowest BCUT2D eigenvalue weighted by atomic mass is 9.82. The molecule has 0 radical (unpaired) electrons. The van der Waals surface area contributed by atoms with Crippen LogP contribution in [0.4, 0.5) is 0 Å². The number of hydrogen-bond donors (Lipinski definition) is 2. The van der Waals surface area contributed by atoms with Crippen molar-refractivity contribution >= 4 is 0 Å². The highest BCUT2D eigenvalue weighted by Crippen LogP contribution is 2.27. The third-order valence-corrected chi connectivity index (χ3v) is 4.43. The Morgan fingerprint density at radius 2 is 1.94 bits per heavy atom. The average Bonchev–Trinajstić information content (AvgIpc) is 2.31. The van der Waals surface area contributed by atoms with Gasteiger partial charge in [0.1, 0.15) is 0 Å². The summed E-state index contributed by atoms with van der Waals surface area (Å²) in [5.74, 6) is 1.65. The molecule has 18 heavy (non-hydrogen) atoms. The summed E-state index contributed by atoms with van der Waals surface area (Å²) in [6.45, 7) is 5.75. The zero-order valence-corrected chi connectivity index (χ0v) is 11.9. The maximum Gasteiger partial charge on any atom is 0.0897 e. The molecule has 0 aromatic heterocycles. The highest BCUT2D eigenvalue weighted by molar-refractivity contribution is 4.83. The van der Waals surface area contributed by atoms with Crippen LogP contribution in [0.15, 0.2) is 0 Å². The smallest absolute Gasteiger partial charge is 0.0897 e. The molecule has 0 amide bonds. The van der Waals surface area contributed by atoms with Crippen molar-refractivity contribution in [2.24, 2.45) is 11.8 Å². The molecule has 106 valence electrons. The number of ether oxygens (including phenoxy) is 1.